The molecule has 156 valence electrons. The van der Waals surface area contributed by atoms with E-state index in [4.69, 9.17) is 4.74 Å². The van der Waals surface area contributed by atoms with E-state index < -0.39 is 0 Å². The van der Waals surface area contributed by atoms with E-state index in [0.717, 1.165) is 24.1 Å². The van der Waals surface area contributed by atoms with Gasteiger partial charge in [-0.2, -0.15) is 0 Å². The molecule has 0 spiro atoms. The third-order valence-corrected chi connectivity index (χ3v) is 5.33. The van der Waals surface area contributed by atoms with Gasteiger partial charge in [0.25, 0.3) is 5.91 Å². The molecule has 0 atom stereocenters. The molecule has 1 aliphatic rings. The lowest BCUT2D eigenvalue weighted by Crippen LogP contribution is -2.19. The molecule has 1 fully saturated rings. The van der Waals surface area contributed by atoms with Gasteiger partial charge in [0.1, 0.15) is 0 Å². The zero-order chi connectivity index (χ0) is 21.5. The van der Waals surface area contributed by atoms with E-state index in [-0.39, 0.29) is 11.9 Å². The number of amides is 1. The highest BCUT2D eigenvalue weighted by molar-refractivity contribution is 8.18. The van der Waals surface area contributed by atoms with Crippen molar-refractivity contribution < 1.29 is 14.3 Å². The molecule has 1 N–H and O–H groups in total. The lowest BCUT2D eigenvalue weighted by molar-refractivity contribution is -0.115. The number of rotatable bonds is 7. The maximum Gasteiger partial charge on any atom is 0.338 e. The molecule has 6 nitrogen and oxygen atoms in total. The van der Waals surface area contributed by atoms with Crippen LogP contribution in [0.15, 0.2) is 58.4 Å². The maximum atomic E-state index is 12.3. The number of carbonyl (C=O) groups excluding carboxylic acids is 2. The van der Waals surface area contributed by atoms with Gasteiger partial charge in [0, 0.05) is 19.8 Å². The molecule has 1 heterocycles. The van der Waals surface area contributed by atoms with Crippen molar-refractivity contribution >= 4 is 46.3 Å². The van der Waals surface area contributed by atoms with E-state index >= 15 is 0 Å². The number of thioether (sulfide) groups is 1. The Bertz CT molecular complexity index is 964. The van der Waals surface area contributed by atoms with Gasteiger partial charge in [-0.15, -0.1) is 0 Å². The summed E-state index contributed by atoms with van der Waals surface area (Å²) in [7, 11) is 3.97. The predicted molar refractivity (Wildman–Crippen MR) is 123 cm³/mol. The number of nitrogens with zero attached hydrogens (tertiary/aromatic N) is 2. The quantitative estimate of drug-likeness (QED) is 0.400. The first-order valence-electron chi connectivity index (χ1n) is 9.80. The summed E-state index contributed by atoms with van der Waals surface area (Å²) in [5.41, 5.74) is 3.19. The predicted octanol–water partition coefficient (Wildman–Crippen LogP) is 4.60. The van der Waals surface area contributed by atoms with Crippen molar-refractivity contribution in [3.05, 3.63) is 64.6 Å². The molecule has 0 saturated carbocycles. The van der Waals surface area contributed by atoms with Crippen LogP contribution < -0.4 is 10.2 Å². The molecular weight excluding hydrogens is 398 g/mol. The topological polar surface area (TPSA) is 71.0 Å². The lowest BCUT2D eigenvalue weighted by Gasteiger charge is -2.11. The molecule has 0 aliphatic carbocycles. The van der Waals surface area contributed by atoms with Crippen LogP contribution in [-0.2, 0) is 9.53 Å². The number of unbranched alkanes of at least 4 members (excludes halogenated alkanes) is 1. The van der Waals surface area contributed by atoms with Crippen LogP contribution in [-0.4, -0.2) is 37.7 Å². The Morgan fingerprint density at radius 1 is 1.13 bits per heavy atom. The Balaban J connectivity index is 1.66. The molecule has 1 amide bonds. The van der Waals surface area contributed by atoms with E-state index in [1.165, 1.54) is 11.8 Å². The van der Waals surface area contributed by atoms with E-state index in [1.54, 1.807) is 24.3 Å². The van der Waals surface area contributed by atoms with Crippen molar-refractivity contribution in [1.82, 2.24) is 5.32 Å². The van der Waals surface area contributed by atoms with Crippen LogP contribution in [0.25, 0.3) is 6.08 Å². The zero-order valence-corrected chi connectivity index (χ0v) is 18.2. The van der Waals surface area contributed by atoms with Gasteiger partial charge in [-0.05, 0) is 66.2 Å². The van der Waals surface area contributed by atoms with Gasteiger partial charge in [0.05, 0.1) is 22.8 Å². The van der Waals surface area contributed by atoms with E-state index in [9.17, 15) is 9.59 Å². The molecule has 0 aromatic heterocycles. The van der Waals surface area contributed by atoms with Crippen molar-refractivity contribution in [2.75, 3.05) is 25.6 Å². The fraction of sp³-hybridized carbons (Fsp3) is 0.261. The third-order valence-electron chi connectivity index (χ3n) is 4.42. The number of ether oxygens (including phenoxy) is 1. The molecule has 1 saturated heterocycles. The van der Waals surface area contributed by atoms with Crippen LogP contribution in [0, 0.1) is 0 Å². The number of carbonyl (C=O) groups is 2. The first-order chi connectivity index (χ1) is 14.5. The standard InChI is InChI=1S/C23H25N3O3S/c1-4-5-14-29-22(28)17-8-10-18(11-9-17)24-23-25-21(27)20(30-23)15-16-6-12-19(13-7-16)26(2)3/h6-13,15H,4-5,14H2,1-3H3,(H,24,25,27)/b20-15-. The SMILES string of the molecule is CCCCOC(=O)c1ccc(N=C2NC(=O)/C(=C/c3ccc(N(C)C)cc3)S2)cc1. The monoisotopic (exact) mass is 423 g/mol. The number of anilines is 1. The Hall–Kier alpha value is -3.06. The largest absolute Gasteiger partial charge is 0.462 e. The number of amidine groups is 1. The third kappa shape index (κ3) is 5.73. The summed E-state index contributed by atoms with van der Waals surface area (Å²) in [5, 5.41) is 3.29. The molecule has 2 aromatic rings. The van der Waals surface area contributed by atoms with Crippen LogP contribution in [0.3, 0.4) is 0 Å². The summed E-state index contributed by atoms with van der Waals surface area (Å²) in [4.78, 5) is 31.3. The molecule has 7 heteroatoms. The summed E-state index contributed by atoms with van der Waals surface area (Å²) >= 11 is 1.29. The molecule has 2 aromatic carbocycles. The van der Waals surface area contributed by atoms with E-state index in [0.29, 0.717) is 27.9 Å². The smallest absolute Gasteiger partial charge is 0.338 e. The van der Waals surface area contributed by atoms with Gasteiger partial charge in [0.2, 0.25) is 0 Å². The highest BCUT2D eigenvalue weighted by atomic mass is 32.2. The molecule has 3 rings (SSSR count). The minimum atomic E-state index is -0.336. The summed E-state index contributed by atoms with van der Waals surface area (Å²) in [5.74, 6) is -0.511. The fourth-order valence-electron chi connectivity index (χ4n) is 2.68. The highest BCUT2D eigenvalue weighted by Gasteiger charge is 2.23. The number of aliphatic imine (C=N–C) groups is 1. The van der Waals surface area contributed by atoms with Crippen LogP contribution in [0.5, 0.6) is 0 Å². The highest BCUT2D eigenvalue weighted by Crippen LogP contribution is 2.28. The fourth-order valence-corrected chi connectivity index (χ4v) is 3.52. The summed E-state index contributed by atoms with van der Waals surface area (Å²) in [6.07, 6.45) is 3.67. The van der Waals surface area contributed by atoms with Crippen molar-refractivity contribution in [2.24, 2.45) is 4.99 Å². The molecule has 30 heavy (non-hydrogen) atoms. The van der Waals surface area contributed by atoms with Gasteiger partial charge in [-0.25, -0.2) is 9.79 Å². The van der Waals surface area contributed by atoms with Gasteiger partial charge >= 0.3 is 5.97 Å². The molecule has 1 aliphatic heterocycles. The zero-order valence-electron chi connectivity index (χ0n) is 17.3. The van der Waals surface area contributed by atoms with E-state index in [2.05, 4.69) is 10.3 Å². The van der Waals surface area contributed by atoms with Crippen molar-refractivity contribution in [3.63, 3.8) is 0 Å². The van der Waals surface area contributed by atoms with Gasteiger partial charge < -0.3 is 15.0 Å². The second-order valence-corrected chi connectivity index (χ2v) is 8.03. The van der Waals surface area contributed by atoms with Crippen molar-refractivity contribution in [3.8, 4) is 0 Å². The molecular formula is C23H25N3O3S. The normalized spacial score (nSPS) is 16.0. The number of esters is 1. The number of hydrogen-bond donors (Lipinski definition) is 1. The van der Waals surface area contributed by atoms with Crippen LogP contribution in [0.2, 0.25) is 0 Å². The minimum absolute atomic E-state index is 0.174. The molecule has 0 unspecified atom stereocenters. The summed E-state index contributed by atoms with van der Waals surface area (Å²) in [6.45, 7) is 2.47. The van der Waals surface area contributed by atoms with E-state index in [1.807, 2.05) is 56.3 Å². The Labute approximate surface area is 181 Å². The maximum absolute atomic E-state index is 12.3. The number of benzene rings is 2. The van der Waals surface area contributed by atoms with Gasteiger partial charge in [-0.1, -0.05) is 25.5 Å². The summed E-state index contributed by atoms with van der Waals surface area (Å²) in [6, 6.07) is 14.8. The molecule has 0 radical (unpaired) electrons. The minimum Gasteiger partial charge on any atom is -0.462 e. The Kier molecular flexibility index (Phi) is 7.30. The van der Waals surface area contributed by atoms with Crippen LogP contribution in [0.4, 0.5) is 11.4 Å². The number of nitrogens with one attached hydrogen (secondary N) is 1. The molecule has 0 bridgehead atoms. The van der Waals surface area contributed by atoms with Gasteiger partial charge in [0.15, 0.2) is 5.17 Å². The first-order valence-corrected chi connectivity index (χ1v) is 10.6. The summed E-state index contributed by atoms with van der Waals surface area (Å²) < 4.78 is 5.20. The average molecular weight is 424 g/mol. The second-order valence-electron chi connectivity index (χ2n) is 7.00. The van der Waals surface area contributed by atoms with Crippen LogP contribution >= 0.6 is 11.8 Å². The lowest BCUT2D eigenvalue weighted by atomic mass is 10.2. The van der Waals surface area contributed by atoms with Crippen molar-refractivity contribution in [1.29, 1.82) is 0 Å². The average Bonchev–Trinajstić information content (AvgIpc) is 3.07. The van der Waals surface area contributed by atoms with Gasteiger partial charge in [-0.3, -0.25) is 4.79 Å². The Morgan fingerprint density at radius 2 is 1.83 bits per heavy atom. The number of hydrogen-bond acceptors (Lipinski definition) is 6. The Morgan fingerprint density at radius 3 is 2.47 bits per heavy atom. The van der Waals surface area contributed by atoms with Crippen molar-refractivity contribution in [2.45, 2.75) is 19.8 Å². The second kappa shape index (κ2) is 10.1. The first kappa shape index (κ1) is 21.6. The van der Waals surface area contributed by atoms with Crippen LogP contribution in [0.1, 0.15) is 35.7 Å².